The third-order valence-corrected chi connectivity index (χ3v) is 6.35. The summed E-state index contributed by atoms with van der Waals surface area (Å²) in [4.78, 5) is 5.38. The maximum absolute atomic E-state index is 5.63. The Labute approximate surface area is 152 Å². The van der Waals surface area contributed by atoms with Gasteiger partial charge in [-0.25, -0.2) is 0 Å². The van der Waals surface area contributed by atoms with Crippen molar-refractivity contribution in [2.45, 2.75) is 38.6 Å². The van der Waals surface area contributed by atoms with Crippen molar-refractivity contribution in [2.75, 3.05) is 46.9 Å². The highest BCUT2D eigenvalue weighted by molar-refractivity contribution is 5.46. The Balaban J connectivity index is 1.42. The summed E-state index contributed by atoms with van der Waals surface area (Å²) in [6.45, 7) is 7.37. The van der Waals surface area contributed by atoms with Crippen molar-refractivity contribution in [2.24, 2.45) is 11.3 Å². The third kappa shape index (κ3) is 3.80. The van der Waals surface area contributed by atoms with Gasteiger partial charge in [0.05, 0.1) is 14.2 Å². The third-order valence-electron chi connectivity index (χ3n) is 6.35. The molecule has 1 aliphatic carbocycles. The Morgan fingerprint density at radius 2 is 1.88 bits per heavy atom. The van der Waals surface area contributed by atoms with Gasteiger partial charge in [0, 0.05) is 31.7 Å². The van der Waals surface area contributed by atoms with Gasteiger partial charge in [0.1, 0.15) is 0 Å². The molecule has 0 N–H and O–H groups in total. The number of piperidine rings is 1. The van der Waals surface area contributed by atoms with Crippen LogP contribution in [0.1, 0.15) is 37.7 Å². The lowest BCUT2D eigenvalue weighted by atomic mass is 9.79. The molecule has 4 nitrogen and oxygen atoms in total. The van der Waals surface area contributed by atoms with Crippen molar-refractivity contribution < 1.29 is 9.47 Å². The first-order valence-electron chi connectivity index (χ1n) is 9.86. The smallest absolute Gasteiger partial charge is 0.165 e. The van der Waals surface area contributed by atoms with Crippen molar-refractivity contribution in [3.05, 3.63) is 23.8 Å². The summed E-state index contributed by atoms with van der Waals surface area (Å²) < 4.78 is 11.1. The minimum atomic E-state index is 0.527. The van der Waals surface area contributed by atoms with E-state index in [2.05, 4.69) is 21.9 Å². The molecule has 0 aromatic heterocycles. The molecule has 1 aromatic carbocycles. The second-order valence-corrected chi connectivity index (χ2v) is 8.40. The van der Waals surface area contributed by atoms with Crippen LogP contribution in [0.25, 0.3) is 0 Å². The van der Waals surface area contributed by atoms with Gasteiger partial charge < -0.3 is 14.4 Å². The van der Waals surface area contributed by atoms with Gasteiger partial charge in [0.15, 0.2) is 11.5 Å². The minimum Gasteiger partial charge on any atom is -0.493 e. The van der Waals surface area contributed by atoms with Crippen molar-refractivity contribution in [3.8, 4) is 11.5 Å². The van der Waals surface area contributed by atoms with Crippen LogP contribution in [0.4, 0.5) is 0 Å². The van der Waals surface area contributed by atoms with Crippen molar-refractivity contribution in [1.82, 2.24) is 9.80 Å². The Morgan fingerprint density at radius 1 is 1.04 bits per heavy atom. The summed E-state index contributed by atoms with van der Waals surface area (Å²) in [5.74, 6) is 2.74. The van der Waals surface area contributed by atoms with E-state index >= 15 is 0 Å². The summed E-state index contributed by atoms with van der Waals surface area (Å²) in [6, 6.07) is 6.23. The molecule has 3 fully saturated rings. The maximum atomic E-state index is 5.63. The van der Waals surface area contributed by atoms with E-state index < -0.39 is 0 Å². The quantitative estimate of drug-likeness (QED) is 0.790. The van der Waals surface area contributed by atoms with Crippen molar-refractivity contribution >= 4 is 0 Å². The number of likely N-dealkylation sites (tertiary alicyclic amines) is 2. The molecule has 1 atom stereocenters. The summed E-state index contributed by atoms with van der Waals surface area (Å²) in [5.41, 5.74) is 1.77. The average molecular weight is 344 g/mol. The van der Waals surface area contributed by atoms with E-state index in [9.17, 15) is 0 Å². The molecule has 4 rings (SSSR count). The first-order valence-corrected chi connectivity index (χ1v) is 9.86. The van der Waals surface area contributed by atoms with Crippen LogP contribution in [0.2, 0.25) is 0 Å². The van der Waals surface area contributed by atoms with Crippen LogP contribution in [-0.2, 0) is 6.54 Å². The summed E-state index contributed by atoms with van der Waals surface area (Å²) in [7, 11) is 3.45. The molecule has 2 saturated heterocycles. The molecular weight excluding hydrogens is 312 g/mol. The molecule has 0 amide bonds. The Morgan fingerprint density at radius 3 is 2.64 bits per heavy atom. The van der Waals surface area contributed by atoms with Gasteiger partial charge >= 0.3 is 0 Å². The Hall–Kier alpha value is -1.26. The second-order valence-electron chi connectivity index (χ2n) is 8.40. The number of nitrogens with zero attached hydrogens (tertiary/aromatic N) is 2. The first-order chi connectivity index (χ1) is 12.2. The van der Waals surface area contributed by atoms with Gasteiger partial charge in [-0.05, 0) is 62.6 Å². The van der Waals surface area contributed by atoms with E-state index in [4.69, 9.17) is 9.47 Å². The summed E-state index contributed by atoms with van der Waals surface area (Å²) >= 11 is 0. The summed E-state index contributed by atoms with van der Waals surface area (Å²) in [6.07, 6.45) is 7.03. The van der Waals surface area contributed by atoms with E-state index in [1.807, 2.05) is 6.07 Å². The fourth-order valence-corrected chi connectivity index (χ4v) is 4.95. The number of rotatable bonds is 6. The zero-order valence-electron chi connectivity index (χ0n) is 15.8. The molecule has 3 aliphatic rings. The molecular formula is C21H32N2O2. The van der Waals surface area contributed by atoms with Crippen LogP contribution in [0.15, 0.2) is 18.2 Å². The molecule has 1 unspecified atom stereocenters. The molecule has 4 heteroatoms. The van der Waals surface area contributed by atoms with E-state index in [0.717, 1.165) is 24.0 Å². The van der Waals surface area contributed by atoms with Crippen molar-refractivity contribution in [3.63, 3.8) is 0 Å². The second kappa shape index (κ2) is 7.16. The van der Waals surface area contributed by atoms with Crippen LogP contribution in [0.3, 0.4) is 0 Å². The van der Waals surface area contributed by atoms with Gasteiger partial charge in [-0.1, -0.05) is 12.1 Å². The van der Waals surface area contributed by atoms with Crippen LogP contribution in [0, 0.1) is 11.3 Å². The van der Waals surface area contributed by atoms with Crippen LogP contribution >= 0.6 is 0 Å². The number of ether oxygens (including phenoxy) is 2. The lowest BCUT2D eigenvalue weighted by molar-refractivity contribution is 0.0862. The lowest BCUT2D eigenvalue weighted by Crippen LogP contribution is -2.44. The molecule has 25 heavy (non-hydrogen) atoms. The number of benzene rings is 1. The normalized spacial score (nSPS) is 27.8. The highest BCUT2D eigenvalue weighted by atomic mass is 16.5. The number of hydrogen-bond acceptors (Lipinski definition) is 4. The molecule has 0 bridgehead atoms. The topological polar surface area (TPSA) is 24.9 Å². The van der Waals surface area contributed by atoms with Gasteiger partial charge in [0.2, 0.25) is 0 Å². The monoisotopic (exact) mass is 344 g/mol. The van der Waals surface area contributed by atoms with Crippen LogP contribution in [0.5, 0.6) is 11.5 Å². The van der Waals surface area contributed by atoms with E-state index in [1.54, 1.807) is 14.2 Å². The van der Waals surface area contributed by atoms with Crippen molar-refractivity contribution in [1.29, 1.82) is 0 Å². The van der Waals surface area contributed by atoms with Crippen LogP contribution < -0.4 is 9.47 Å². The van der Waals surface area contributed by atoms with Gasteiger partial charge in [0.25, 0.3) is 0 Å². The Kier molecular flexibility index (Phi) is 4.92. The lowest BCUT2D eigenvalue weighted by Gasteiger charge is -2.40. The Bertz CT molecular complexity index is 602. The molecule has 2 aliphatic heterocycles. The zero-order valence-corrected chi connectivity index (χ0v) is 15.8. The van der Waals surface area contributed by atoms with E-state index in [-0.39, 0.29) is 0 Å². The molecule has 1 spiro atoms. The number of hydrogen-bond donors (Lipinski definition) is 0. The predicted octanol–water partition coefficient (Wildman–Crippen LogP) is 3.40. The predicted molar refractivity (Wildman–Crippen MR) is 100 cm³/mol. The molecule has 2 heterocycles. The van der Waals surface area contributed by atoms with Gasteiger partial charge in [-0.15, -0.1) is 0 Å². The largest absolute Gasteiger partial charge is 0.493 e. The van der Waals surface area contributed by atoms with Gasteiger partial charge in [-0.2, -0.15) is 0 Å². The minimum absolute atomic E-state index is 0.527. The van der Waals surface area contributed by atoms with Gasteiger partial charge in [-0.3, -0.25) is 4.90 Å². The molecule has 1 saturated carbocycles. The SMILES string of the molecule is COc1cccc(CN2CCCC3(CCN(CC4CC4)C3)C2)c1OC. The standard InChI is InChI=1S/C21H32N2O2/c1-24-19-6-3-5-18(20(19)25-2)14-22-11-4-9-21(15-22)10-12-23(16-21)13-17-7-8-17/h3,5-6,17H,4,7-16H2,1-2H3. The average Bonchev–Trinajstić information content (AvgIpc) is 3.36. The highest BCUT2D eigenvalue weighted by Gasteiger charge is 2.42. The molecule has 138 valence electrons. The fraction of sp³-hybridized carbons (Fsp3) is 0.714. The highest BCUT2D eigenvalue weighted by Crippen LogP contribution is 2.42. The maximum Gasteiger partial charge on any atom is 0.165 e. The molecule has 1 aromatic rings. The first kappa shape index (κ1) is 17.2. The fourth-order valence-electron chi connectivity index (χ4n) is 4.95. The molecule has 0 radical (unpaired) electrons. The summed E-state index contributed by atoms with van der Waals surface area (Å²) in [5, 5.41) is 0. The number of para-hydroxylation sites is 1. The number of methoxy groups -OCH3 is 2. The zero-order chi connectivity index (χ0) is 17.3. The van der Waals surface area contributed by atoms with E-state index in [0.29, 0.717) is 5.41 Å². The van der Waals surface area contributed by atoms with Crippen LogP contribution in [-0.4, -0.2) is 56.7 Å². The van der Waals surface area contributed by atoms with E-state index in [1.165, 1.54) is 70.4 Å².